The Labute approximate surface area is 162 Å². The van der Waals surface area contributed by atoms with Gasteiger partial charge in [0.1, 0.15) is 6.61 Å². The van der Waals surface area contributed by atoms with Crippen LogP contribution in [0.4, 0.5) is 0 Å². The topological polar surface area (TPSA) is 67.4 Å². The van der Waals surface area contributed by atoms with E-state index in [-0.39, 0.29) is 30.5 Å². The summed E-state index contributed by atoms with van der Waals surface area (Å²) in [5, 5.41) is 5.74. The second-order valence-electron chi connectivity index (χ2n) is 5.72. The third-order valence-electron chi connectivity index (χ3n) is 3.73. The number of hydrogen-bond acceptors (Lipinski definition) is 6. The van der Waals surface area contributed by atoms with Gasteiger partial charge in [-0.15, -0.1) is 0 Å². The fraction of sp³-hybridized carbons (Fsp3) is 0.875. The maximum Gasteiger partial charge on any atom is 0.246 e. The van der Waals surface area contributed by atoms with E-state index in [1.165, 1.54) is 0 Å². The minimum absolute atomic E-state index is 0.0200. The average molecular weight is 397 g/mol. The molecule has 24 heavy (non-hydrogen) atoms. The average Bonchev–Trinajstić information content (AvgIpc) is 2.59. The van der Waals surface area contributed by atoms with Gasteiger partial charge in [0.2, 0.25) is 11.8 Å². The minimum atomic E-state index is -0.279. The van der Waals surface area contributed by atoms with Crippen LogP contribution in [0.25, 0.3) is 0 Å². The molecule has 0 unspecified atom stereocenters. The lowest BCUT2D eigenvalue weighted by Gasteiger charge is -2.35. The highest BCUT2D eigenvalue weighted by Crippen LogP contribution is 2.26. The predicted octanol–water partition coefficient (Wildman–Crippen LogP) is 2.12. The van der Waals surface area contributed by atoms with E-state index in [2.05, 4.69) is 48.5 Å². The molecule has 0 spiro atoms. The maximum absolute atomic E-state index is 12.3. The van der Waals surface area contributed by atoms with Gasteiger partial charge in [-0.3, -0.25) is 9.59 Å². The lowest BCUT2D eigenvalue weighted by molar-refractivity contribution is -0.129. The summed E-state index contributed by atoms with van der Waals surface area (Å²) in [6.07, 6.45) is 5.40. The minimum Gasteiger partial charge on any atom is -0.372 e. The van der Waals surface area contributed by atoms with Crippen LogP contribution in [0.5, 0.6) is 0 Å². The molecule has 0 aliphatic rings. The van der Waals surface area contributed by atoms with Crippen molar-refractivity contribution in [2.45, 2.75) is 51.0 Å². The molecule has 0 aliphatic carbocycles. The number of nitrogens with one attached hydrogen (secondary N) is 2. The summed E-state index contributed by atoms with van der Waals surface area (Å²) in [6.45, 7) is 2.24. The van der Waals surface area contributed by atoms with Gasteiger partial charge in [0.05, 0.1) is 6.54 Å². The number of amides is 2. The Bertz CT molecular complexity index is 336. The third kappa shape index (κ3) is 11.5. The Hall–Kier alpha value is -0.0500. The van der Waals surface area contributed by atoms with Crippen molar-refractivity contribution in [1.82, 2.24) is 10.6 Å². The van der Waals surface area contributed by atoms with Crippen molar-refractivity contribution in [3.8, 4) is 0 Å². The van der Waals surface area contributed by atoms with Crippen LogP contribution >= 0.6 is 37.9 Å². The molecule has 0 bridgehead atoms. The number of ether oxygens (including phenoxy) is 1. The Morgan fingerprint density at radius 2 is 1.42 bits per heavy atom. The Kier molecular flexibility index (Phi) is 15.2. The maximum atomic E-state index is 12.3. The summed E-state index contributed by atoms with van der Waals surface area (Å²) in [6, 6.07) is 0. The number of thiol groups is 3. The molecule has 0 saturated heterocycles. The molecule has 0 rings (SSSR count). The highest BCUT2D eigenvalue weighted by Gasteiger charge is 2.30. The van der Waals surface area contributed by atoms with Crippen molar-refractivity contribution in [3.05, 3.63) is 0 Å². The molecule has 2 N–H and O–H groups in total. The Morgan fingerprint density at radius 3 is 1.83 bits per heavy atom. The van der Waals surface area contributed by atoms with Crippen molar-refractivity contribution in [2.24, 2.45) is 0 Å². The molecule has 0 radical (unpaired) electrons. The first-order chi connectivity index (χ1) is 11.5. The summed E-state index contributed by atoms with van der Waals surface area (Å²) >= 11 is 12.9. The quantitative estimate of drug-likeness (QED) is 0.276. The van der Waals surface area contributed by atoms with E-state index in [0.29, 0.717) is 6.61 Å². The summed E-state index contributed by atoms with van der Waals surface area (Å²) < 4.78 is 5.02. The van der Waals surface area contributed by atoms with Crippen molar-refractivity contribution in [1.29, 1.82) is 0 Å². The monoisotopic (exact) mass is 396 g/mol. The smallest absolute Gasteiger partial charge is 0.246 e. The normalized spacial score (nSPS) is 11.3. The van der Waals surface area contributed by atoms with Crippen LogP contribution < -0.4 is 10.6 Å². The van der Waals surface area contributed by atoms with Gasteiger partial charge in [-0.1, -0.05) is 0 Å². The zero-order chi connectivity index (χ0) is 18.3. The fourth-order valence-electron chi connectivity index (χ4n) is 2.58. The first-order valence-electron chi connectivity index (χ1n) is 8.51. The molecule has 0 aromatic carbocycles. The molecule has 0 fully saturated rings. The van der Waals surface area contributed by atoms with Gasteiger partial charge in [0, 0.05) is 12.1 Å². The van der Waals surface area contributed by atoms with E-state index in [1.54, 1.807) is 0 Å². The third-order valence-corrected chi connectivity index (χ3v) is 4.68. The highest BCUT2D eigenvalue weighted by atomic mass is 32.1. The molecule has 0 aromatic rings. The van der Waals surface area contributed by atoms with Crippen molar-refractivity contribution < 1.29 is 14.3 Å². The lowest BCUT2D eigenvalue weighted by Crippen LogP contribution is -2.52. The zero-order valence-electron chi connectivity index (χ0n) is 14.6. The molecule has 8 heteroatoms. The van der Waals surface area contributed by atoms with Crippen LogP contribution in [0.2, 0.25) is 0 Å². The van der Waals surface area contributed by atoms with Gasteiger partial charge in [-0.2, -0.15) is 37.9 Å². The van der Waals surface area contributed by atoms with Crippen LogP contribution in [-0.4, -0.2) is 54.4 Å². The summed E-state index contributed by atoms with van der Waals surface area (Å²) in [4.78, 5) is 23.8. The SMILES string of the molecule is CCOCC(=O)NCC(=O)NC(CCCS)(CCCS)CCCS. The van der Waals surface area contributed by atoms with E-state index in [1.807, 2.05) is 6.92 Å². The van der Waals surface area contributed by atoms with Gasteiger partial charge >= 0.3 is 0 Å². The molecule has 0 heterocycles. The second-order valence-corrected chi connectivity index (χ2v) is 7.07. The number of carbonyl (C=O) groups excluding carboxylic acids is 2. The van der Waals surface area contributed by atoms with Gasteiger partial charge in [0.15, 0.2) is 0 Å². The molecule has 0 atom stereocenters. The standard InChI is InChI=1S/C16H32N2O3S3/c1-2-21-13-15(20)17-12-14(19)18-16(6-3-9-22,7-4-10-23)8-5-11-24/h22-24H,2-13H2,1H3,(H,17,20)(H,18,19). The van der Waals surface area contributed by atoms with Gasteiger partial charge in [0.25, 0.3) is 0 Å². The van der Waals surface area contributed by atoms with E-state index < -0.39 is 0 Å². The van der Waals surface area contributed by atoms with Gasteiger partial charge in [-0.05, 0) is 62.7 Å². The number of rotatable bonds is 15. The second kappa shape index (κ2) is 15.2. The molecule has 142 valence electrons. The molecule has 2 amide bonds. The molecular formula is C16H32N2O3S3. The first-order valence-corrected chi connectivity index (χ1v) is 10.4. The number of carbonyl (C=O) groups is 2. The van der Waals surface area contributed by atoms with E-state index >= 15 is 0 Å². The Morgan fingerprint density at radius 1 is 0.917 bits per heavy atom. The zero-order valence-corrected chi connectivity index (χ0v) is 17.2. The Balaban J connectivity index is 4.67. The van der Waals surface area contributed by atoms with Crippen molar-refractivity contribution in [3.63, 3.8) is 0 Å². The summed E-state index contributed by atoms with van der Waals surface area (Å²) in [5.74, 6) is 1.90. The van der Waals surface area contributed by atoms with Crippen LogP contribution in [-0.2, 0) is 14.3 Å². The van der Waals surface area contributed by atoms with E-state index in [9.17, 15) is 9.59 Å². The number of hydrogen-bond donors (Lipinski definition) is 5. The van der Waals surface area contributed by atoms with E-state index in [4.69, 9.17) is 4.74 Å². The largest absolute Gasteiger partial charge is 0.372 e. The molecular weight excluding hydrogens is 364 g/mol. The fourth-order valence-corrected chi connectivity index (χ4v) is 3.05. The van der Waals surface area contributed by atoms with Crippen LogP contribution in [0.1, 0.15) is 45.4 Å². The van der Waals surface area contributed by atoms with Crippen molar-refractivity contribution in [2.75, 3.05) is 37.0 Å². The lowest BCUT2D eigenvalue weighted by atomic mass is 9.84. The summed E-state index contributed by atoms with van der Waals surface area (Å²) in [7, 11) is 0. The van der Waals surface area contributed by atoms with E-state index in [0.717, 1.165) is 55.8 Å². The highest BCUT2D eigenvalue weighted by molar-refractivity contribution is 7.80. The van der Waals surface area contributed by atoms with Crippen LogP contribution in [0.15, 0.2) is 0 Å². The molecule has 0 saturated carbocycles. The molecule has 0 aromatic heterocycles. The van der Waals surface area contributed by atoms with Gasteiger partial charge in [-0.25, -0.2) is 0 Å². The van der Waals surface area contributed by atoms with Crippen LogP contribution in [0.3, 0.4) is 0 Å². The molecule has 5 nitrogen and oxygen atoms in total. The summed E-state index contributed by atoms with van der Waals surface area (Å²) in [5.41, 5.74) is -0.268. The van der Waals surface area contributed by atoms with Crippen molar-refractivity contribution >= 4 is 49.7 Å². The van der Waals surface area contributed by atoms with Gasteiger partial charge < -0.3 is 15.4 Å². The first kappa shape index (κ1) is 23.9. The van der Waals surface area contributed by atoms with Crippen LogP contribution in [0, 0.1) is 0 Å². The predicted molar refractivity (Wildman–Crippen MR) is 110 cm³/mol. The molecule has 0 aliphatic heterocycles.